The molecule has 2 aromatic heterocycles. The maximum atomic E-state index is 12.4. The fourth-order valence-electron chi connectivity index (χ4n) is 2.76. The maximum absolute atomic E-state index is 12.4. The highest BCUT2D eigenvalue weighted by Gasteiger charge is 2.26. The number of carbonyl (C=O) groups excluding carboxylic acids is 1. The number of carboxylic acids is 1. The standard InChI is InChI=1S/C20H20N2O4S/c1-20(2,3)10-15(23)21-18-16(13-6-4-5-7-14(13)19(24)25)17(22-26-18)12-8-9-27-11-12/h4-9,11H,10H2,1-3H3,(H,21,23)(H,24,25). The van der Waals surface area contributed by atoms with Crippen LogP contribution in [0.1, 0.15) is 37.6 Å². The molecule has 0 aliphatic carbocycles. The van der Waals surface area contributed by atoms with E-state index in [9.17, 15) is 14.7 Å². The molecule has 0 aliphatic heterocycles. The summed E-state index contributed by atoms with van der Waals surface area (Å²) in [7, 11) is 0. The van der Waals surface area contributed by atoms with Crippen molar-refractivity contribution in [2.75, 3.05) is 5.32 Å². The molecule has 0 fully saturated rings. The van der Waals surface area contributed by atoms with Crippen molar-refractivity contribution < 1.29 is 19.2 Å². The van der Waals surface area contributed by atoms with E-state index in [2.05, 4.69) is 10.5 Å². The summed E-state index contributed by atoms with van der Waals surface area (Å²) in [5.74, 6) is -1.13. The highest BCUT2D eigenvalue weighted by molar-refractivity contribution is 7.08. The average Bonchev–Trinajstić information content (AvgIpc) is 3.22. The number of anilines is 1. The minimum Gasteiger partial charge on any atom is -0.478 e. The summed E-state index contributed by atoms with van der Waals surface area (Å²) >= 11 is 1.49. The molecule has 140 valence electrons. The van der Waals surface area contributed by atoms with Crippen LogP contribution in [0.2, 0.25) is 0 Å². The third kappa shape index (κ3) is 4.25. The van der Waals surface area contributed by atoms with E-state index in [1.54, 1.807) is 18.2 Å². The van der Waals surface area contributed by atoms with Crippen molar-refractivity contribution in [3.8, 4) is 22.4 Å². The van der Waals surface area contributed by atoms with Gasteiger partial charge in [-0.2, -0.15) is 11.3 Å². The molecule has 1 aromatic carbocycles. The SMILES string of the molecule is CC(C)(C)CC(=O)Nc1onc(-c2ccsc2)c1-c1ccccc1C(=O)O. The van der Waals surface area contributed by atoms with Crippen molar-refractivity contribution in [1.29, 1.82) is 0 Å². The lowest BCUT2D eigenvalue weighted by Gasteiger charge is -2.16. The smallest absolute Gasteiger partial charge is 0.336 e. The summed E-state index contributed by atoms with van der Waals surface area (Å²) < 4.78 is 5.42. The number of aromatic carboxylic acids is 1. The summed E-state index contributed by atoms with van der Waals surface area (Å²) in [6, 6.07) is 8.47. The Morgan fingerprint density at radius 3 is 2.59 bits per heavy atom. The predicted octanol–water partition coefficient (Wildman–Crippen LogP) is 5.14. The van der Waals surface area contributed by atoms with Gasteiger partial charge < -0.3 is 9.63 Å². The molecular formula is C20H20N2O4S. The Bertz CT molecular complexity index is 968. The molecule has 0 unspecified atom stereocenters. The molecule has 0 spiro atoms. The molecule has 0 radical (unpaired) electrons. The number of aromatic nitrogens is 1. The lowest BCUT2D eigenvalue weighted by Crippen LogP contribution is -2.19. The zero-order valence-electron chi connectivity index (χ0n) is 15.3. The molecule has 2 N–H and O–H groups in total. The monoisotopic (exact) mass is 384 g/mol. The van der Waals surface area contributed by atoms with E-state index in [1.165, 1.54) is 17.4 Å². The van der Waals surface area contributed by atoms with Crippen LogP contribution in [0.5, 0.6) is 0 Å². The number of carboxylic acid groups (broad SMARTS) is 1. The lowest BCUT2D eigenvalue weighted by molar-refractivity contribution is -0.117. The van der Waals surface area contributed by atoms with E-state index in [4.69, 9.17) is 4.52 Å². The predicted molar refractivity (Wildman–Crippen MR) is 105 cm³/mol. The molecule has 0 saturated heterocycles. The lowest BCUT2D eigenvalue weighted by atomic mass is 9.92. The van der Waals surface area contributed by atoms with Gasteiger partial charge in [0.1, 0.15) is 5.69 Å². The van der Waals surface area contributed by atoms with Gasteiger partial charge in [-0.3, -0.25) is 10.1 Å². The zero-order valence-corrected chi connectivity index (χ0v) is 16.1. The number of hydrogen-bond donors (Lipinski definition) is 2. The van der Waals surface area contributed by atoms with E-state index < -0.39 is 5.97 Å². The molecular weight excluding hydrogens is 364 g/mol. The normalized spacial score (nSPS) is 11.4. The maximum Gasteiger partial charge on any atom is 0.336 e. The number of carbonyl (C=O) groups is 2. The topological polar surface area (TPSA) is 92.4 Å². The number of rotatable bonds is 5. The van der Waals surface area contributed by atoms with Gasteiger partial charge in [-0.25, -0.2) is 4.79 Å². The Hall–Kier alpha value is -2.93. The zero-order chi connectivity index (χ0) is 19.6. The molecule has 1 amide bonds. The number of hydrogen-bond acceptors (Lipinski definition) is 5. The van der Waals surface area contributed by atoms with Gasteiger partial charge in [0.15, 0.2) is 0 Å². The van der Waals surface area contributed by atoms with E-state index in [0.717, 1.165) is 5.56 Å². The number of benzene rings is 1. The van der Waals surface area contributed by atoms with Crippen LogP contribution < -0.4 is 5.32 Å². The Kier molecular flexibility index (Phi) is 5.14. The number of nitrogens with one attached hydrogen (secondary N) is 1. The molecule has 0 bridgehead atoms. The first-order chi connectivity index (χ1) is 12.8. The van der Waals surface area contributed by atoms with Crippen LogP contribution in [-0.4, -0.2) is 22.1 Å². The molecule has 6 nitrogen and oxygen atoms in total. The van der Waals surface area contributed by atoms with Gasteiger partial charge in [0, 0.05) is 22.9 Å². The second-order valence-corrected chi connectivity index (χ2v) is 8.16. The van der Waals surface area contributed by atoms with Crippen molar-refractivity contribution in [2.45, 2.75) is 27.2 Å². The Balaban J connectivity index is 2.12. The fraction of sp³-hybridized carbons (Fsp3) is 0.250. The first-order valence-corrected chi connectivity index (χ1v) is 9.35. The molecule has 3 aromatic rings. The summed E-state index contributed by atoms with van der Waals surface area (Å²) in [5.41, 5.74) is 2.13. The van der Waals surface area contributed by atoms with Crippen molar-refractivity contribution in [1.82, 2.24) is 5.16 Å². The molecule has 0 aliphatic rings. The van der Waals surface area contributed by atoms with Gasteiger partial charge >= 0.3 is 5.97 Å². The van der Waals surface area contributed by atoms with Gasteiger partial charge in [0.05, 0.1) is 11.1 Å². The van der Waals surface area contributed by atoms with Gasteiger partial charge in [-0.05, 0) is 22.9 Å². The van der Waals surface area contributed by atoms with Crippen LogP contribution in [0.25, 0.3) is 22.4 Å². The third-order valence-corrected chi connectivity index (χ3v) is 4.54. The van der Waals surface area contributed by atoms with E-state index in [0.29, 0.717) is 23.2 Å². The largest absolute Gasteiger partial charge is 0.478 e. The average molecular weight is 384 g/mol. The highest BCUT2D eigenvalue weighted by Crippen LogP contribution is 2.40. The summed E-state index contributed by atoms with van der Waals surface area (Å²) in [6.07, 6.45) is 0.293. The van der Waals surface area contributed by atoms with Crippen LogP contribution in [0.4, 0.5) is 5.88 Å². The second kappa shape index (κ2) is 7.36. The quantitative estimate of drug-likeness (QED) is 0.635. The van der Waals surface area contributed by atoms with Gasteiger partial charge in [0.2, 0.25) is 11.8 Å². The number of amides is 1. The van der Waals surface area contributed by atoms with Gasteiger partial charge in [-0.1, -0.05) is 44.1 Å². The number of nitrogens with zero attached hydrogens (tertiary/aromatic N) is 1. The van der Waals surface area contributed by atoms with Crippen molar-refractivity contribution in [3.63, 3.8) is 0 Å². The molecule has 2 heterocycles. The third-order valence-electron chi connectivity index (χ3n) is 3.86. The minimum atomic E-state index is -1.06. The van der Waals surface area contributed by atoms with Crippen LogP contribution >= 0.6 is 11.3 Å². The van der Waals surface area contributed by atoms with Crippen molar-refractivity contribution in [3.05, 3.63) is 46.7 Å². The molecule has 7 heteroatoms. The molecule has 0 saturated carbocycles. The minimum absolute atomic E-state index is 0.114. The highest BCUT2D eigenvalue weighted by atomic mass is 32.1. The van der Waals surface area contributed by atoms with Crippen molar-refractivity contribution in [2.24, 2.45) is 5.41 Å². The van der Waals surface area contributed by atoms with Crippen molar-refractivity contribution >= 4 is 29.1 Å². The Morgan fingerprint density at radius 1 is 1.22 bits per heavy atom. The summed E-state index contributed by atoms with van der Waals surface area (Å²) in [4.78, 5) is 24.1. The van der Waals surface area contributed by atoms with Crippen LogP contribution in [0, 0.1) is 5.41 Å². The van der Waals surface area contributed by atoms with Gasteiger partial charge in [0.25, 0.3) is 0 Å². The second-order valence-electron chi connectivity index (χ2n) is 7.38. The van der Waals surface area contributed by atoms with Crippen LogP contribution in [-0.2, 0) is 4.79 Å². The van der Waals surface area contributed by atoms with Gasteiger partial charge in [-0.15, -0.1) is 0 Å². The number of thiophene rings is 1. The first-order valence-electron chi connectivity index (χ1n) is 8.41. The van der Waals surface area contributed by atoms with Crippen LogP contribution in [0.3, 0.4) is 0 Å². The summed E-state index contributed by atoms with van der Waals surface area (Å²) in [6.45, 7) is 5.89. The van der Waals surface area contributed by atoms with E-state index in [-0.39, 0.29) is 22.8 Å². The van der Waals surface area contributed by atoms with E-state index >= 15 is 0 Å². The summed E-state index contributed by atoms with van der Waals surface area (Å²) in [5, 5.41) is 20.2. The molecule has 27 heavy (non-hydrogen) atoms. The Labute approximate surface area is 160 Å². The molecule has 0 atom stereocenters. The van der Waals surface area contributed by atoms with E-state index in [1.807, 2.05) is 37.6 Å². The molecule has 3 rings (SSSR count). The fourth-order valence-corrected chi connectivity index (χ4v) is 3.40. The Morgan fingerprint density at radius 2 is 1.96 bits per heavy atom. The first kappa shape index (κ1) is 18.8. The van der Waals surface area contributed by atoms with Crippen LogP contribution in [0.15, 0.2) is 45.6 Å².